The third-order valence-corrected chi connectivity index (χ3v) is 2.43. The van der Waals surface area contributed by atoms with Gasteiger partial charge in [-0.05, 0) is 24.1 Å². The number of amides is 1. The summed E-state index contributed by atoms with van der Waals surface area (Å²) in [5, 5.41) is 0. The number of primary amides is 1. The number of nitrogens with two attached hydrogens (primary N) is 1. The summed E-state index contributed by atoms with van der Waals surface area (Å²) in [5.41, 5.74) is 6.81. The summed E-state index contributed by atoms with van der Waals surface area (Å²) in [6.07, 6.45) is 1.43. The van der Waals surface area contributed by atoms with Crippen LogP contribution in [0.4, 0.5) is 0 Å². The van der Waals surface area contributed by atoms with Gasteiger partial charge in [0.15, 0.2) is 6.29 Å². The second kappa shape index (κ2) is 6.25. The molecule has 0 heterocycles. The second-order valence-electron chi connectivity index (χ2n) is 3.50. The minimum atomic E-state index is -0.404. The lowest BCUT2D eigenvalue weighted by atomic mass is 10.1. The highest BCUT2D eigenvalue weighted by molar-refractivity contribution is 5.92. The van der Waals surface area contributed by atoms with Gasteiger partial charge in [-0.3, -0.25) is 4.79 Å². The van der Waals surface area contributed by atoms with Crippen LogP contribution >= 0.6 is 0 Å². The average Bonchev–Trinajstić information content (AvgIpc) is 2.31. The summed E-state index contributed by atoms with van der Waals surface area (Å²) < 4.78 is 10.2. The molecule has 4 heteroatoms. The van der Waals surface area contributed by atoms with Crippen molar-refractivity contribution in [3.8, 4) is 0 Å². The Balaban J connectivity index is 2.52. The number of rotatable bonds is 6. The van der Waals surface area contributed by atoms with Crippen LogP contribution in [0, 0.1) is 0 Å². The topological polar surface area (TPSA) is 61.5 Å². The Morgan fingerprint density at radius 3 is 2.25 bits per heavy atom. The van der Waals surface area contributed by atoms with Gasteiger partial charge in [0, 0.05) is 26.2 Å². The monoisotopic (exact) mass is 223 g/mol. The fraction of sp³-hybridized carbons (Fsp3) is 0.417. The van der Waals surface area contributed by atoms with Crippen molar-refractivity contribution in [2.75, 3.05) is 14.2 Å². The zero-order valence-electron chi connectivity index (χ0n) is 9.60. The third kappa shape index (κ3) is 3.64. The Morgan fingerprint density at radius 1 is 1.25 bits per heavy atom. The summed E-state index contributed by atoms with van der Waals surface area (Å²) in [4.78, 5) is 10.9. The first-order valence-electron chi connectivity index (χ1n) is 5.11. The molecule has 0 aliphatic carbocycles. The first kappa shape index (κ1) is 12.7. The lowest BCUT2D eigenvalue weighted by Gasteiger charge is -2.12. The van der Waals surface area contributed by atoms with E-state index in [1.807, 2.05) is 12.1 Å². The summed E-state index contributed by atoms with van der Waals surface area (Å²) in [7, 11) is 3.23. The smallest absolute Gasteiger partial charge is 0.248 e. The van der Waals surface area contributed by atoms with Gasteiger partial charge >= 0.3 is 0 Å². The molecule has 0 radical (unpaired) electrons. The minimum Gasteiger partial charge on any atom is -0.366 e. The summed E-state index contributed by atoms with van der Waals surface area (Å²) in [6, 6.07) is 7.24. The molecule has 1 aromatic carbocycles. The number of methoxy groups -OCH3 is 2. The van der Waals surface area contributed by atoms with Crippen molar-refractivity contribution in [2.24, 2.45) is 5.73 Å². The highest BCUT2D eigenvalue weighted by Crippen LogP contribution is 2.09. The van der Waals surface area contributed by atoms with Gasteiger partial charge in [-0.2, -0.15) is 0 Å². The molecule has 0 fully saturated rings. The summed E-state index contributed by atoms with van der Waals surface area (Å²) in [6.45, 7) is 0. The minimum absolute atomic E-state index is 0.184. The summed E-state index contributed by atoms with van der Waals surface area (Å²) >= 11 is 0. The molecular weight excluding hydrogens is 206 g/mol. The lowest BCUT2D eigenvalue weighted by Crippen LogP contribution is -2.14. The number of ether oxygens (including phenoxy) is 2. The van der Waals surface area contributed by atoms with E-state index >= 15 is 0 Å². The van der Waals surface area contributed by atoms with Crippen LogP contribution in [0.1, 0.15) is 22.3 Å². The van der Waals surface area contributed by atoms with Gasteiger partial charge in [0.05, 0.1) is 0 Å². The molecule has 1 rings (SSSR count). The maximum atomic E-state index is 10.9. The molecule has 2 N–H and O–H groups in total. The van der Waals surface area contributed by atoms with Crippen LogP contribution in [-0.2, 0) is 15.9 Å². The first-order chi connectivity index (χ1) is 7.67. The average molecular weight is 223 g/mol. The predicted octanol–water partition coefficient (Wildman–Crippen LogP) is 1.34. The number of hydrogen-bond donors (Lipinski definition) is 1. The molecule has 0 aromatic heterocycles. The van der Waals surface area contributed by atoms with Crippen LogP contribution in [-0.4, -0.2) is 26.4 Å². The highest BCUT2D eigenvalue weighted by Gasteiger charge is 2.05. The quantitative estimate of drug-likeness (QED) is 0.740. The van der Waals surface area contributed by atoms with E-state index in [4.69, 9.17) is 15.2 Å². The number of hydrogen-bond acceptors (Lipinski definition) is 3. The lowest BCUT2D eigenvalue weighted by molar-refractivity contribution is -0.105. The molecule has 0 atom stereocenters. The molecule has 4 nitrogen and oxygen atoms in total. The number of benzene rings is 1. The van der Waals surface area contributed by atoms with E-state index < -0.39 is 5.91 Å². The Bertz CT molecular complexity index is 331. The number of carbonyl (C=O) groups excluding carboxylic acids is 1. The van der Waals surface area contributed by atoms with Gasteiger partial charge in [0.1, 0.15) is 0 Å². The van der Waals surface area contributed by atoms with Gasteiger partial charge in [0.25, 0.3) is 0 Å². The molecule has 0 saturated heterocycles. The van der Waals surface area contributed by atoms with Gasteiger partial charge < -0.3 is 15.2 Å². The van der Waals surface area contributed by atoms with Crippen molar-refractivity contribution in [3.63, 3.8) is 0 Å². The molecule has 1 aromatic rings. The van der Waals surface area contributed by atoms with E-state index in [1.165, 1.54) is 0 Å². The van der Waals surface area contributed by atoms with E-state index in [0.717, 1.165) is 18.4 Å². The van der Waals surface area contributed by atoms with Crippen molar-refractivity contribution in [3.05, 3.63) is 35.4 Å². The Labute approximate surface area is 95.3 Å². The molecule has 0 spiro atoms. The van der Waals surface area contributed by atoms with Crippen molar-refractivity contribution in [2.45, 2.75) is 19.1 Å². The van der Waals surface area contributed by atoms with Gasteiger partial charge in [-0.25, -0.2) is 0 Å². The van der Waals surface area contributed by atoms with Gasteiger partial charge in [-0.1, -0.05) is 12.1 Å². The van der Waals surface area contributed by atoms with Crippen molar-refractivity contribution < 1.29 is 14.3 Å². The zero-order chi connectivity index (χ0) is 12.0. The van der Waals surface area contributed by atoms with Crippen molar-refractivity contribution >= 4 is 5.91 Å². The molecule has 0 aliphatic rings. The SMILES string of the molecule is COC(CCc1ccc(C(N)=O)cc1)OC. The molecule has 0 saturated carbocycles. The molecule has 0 aliphatic heterocycles. The highest BCUT2D eigenvalue weighted by atomic mass is 16.7. The van der Waals surface area contributed by atoms with Gasteiger partial charge in [-0.15, -0.1) is 0 Å². The van der Waals surface area contributed by atoms with E-state index in [1.54, 1.807) is 26.4 Å². The predicted molar refractivity (Wildman–Crippen MR) is 61.1 cm³/mol. The van der Waals surface area contributed by atoms with Crippen LogP contribution in [0.25, 0.3) is 0 Å². The van der Waals surface area contributed by atoms with Gasteiger partial charge in [0.2, 0.25) is 5.91 Å². The van der Waals surface area contributed by atoms with Crippen LogP contribution in [0.3, 0.4) is 0 Å². The van der Waals surface area contributed by atoms with Crippen LogP contribution in [0.2, 0.25) is 0 Å². The number of carbonyl (C=O) groups is 1. The molecule has 88 valence electrons. The molecule has 0 bridgehead atoms. The Hall–Kier alpha value is -1.39. The Kier molecular flexibility index (Phi) is 4.95. The van der Waals surface area contributed by atoms with Crippen molar-refractivity contribution in [1.82, 2.24) is 0 Å². The van der Waals surface area contributed by atoms with Crippen molar-refractivity contribution in [1.29, 1.82) is 0 Å². The van der Waals surface area contributed by atoms with Crippen LogP contribution in [0.5, 0.6) is 0 Å². The standard InChI is InChI=1S/C12H17NO3/c1-15-11(16-2)8-5-9-3-6-10(7-4-9)12(13)14/h3-4,6-7,11H,5,8H2,1-2H3,(H2,13,14). The van der Waals surface area contributed by atoms with E-state index in [0.29, 0.717) is 5.56 Å². The summed E-state index contributed by atoms with van der Waals surface area (Å²) in [5.74, 6) is -0.404. The molecule has 0 unspecified atom stereocenters. The fourth-order valence-electron chi connectivity index (χ4n) is 1.45. The number of aryl methyl sites for hydroxylation is 1. The first-order valence-corrected chi connectivity index (χ1v) is 5.11. The van der Waals surface area contributed by atoms with E-state index in [2.05, 4.69) is 0 Å². The fourth-order valence-corrected chi connectivity index (χ4v) is 1.45. The van der Waals surface area contributed by atoms with E-state index in [9.17, 15) is 4.79 Å². The van der Waals surface area contributed by atoms with Crippen LogP contribution < -0.4 is 5.73 Å². The third-order valence-electron chi connectivity index (χ3n) is 2.43. The van der Waals surface area contributed by atoms with E-state index in [-0.39, 0.29) is 6.29 Å². The second-order valence-corrected chi connectivity index (χ2v) is 3.50. The molecule has 16 heavy (non-hydrogen) atoms. The molecular formula is C12H17NO3. The normalized spacial score (nSPS) is 10.7. The maximum absolute atomic E-state index is 10.9. The largest absolute Gasteiger partial charge is 0.366 e. The molecule has 1 amide bonds. The van der Waals surface area contributed by atoms with Crippen LogP contribution in [0.15, 0.2) is 24.3 Å². The Morgan fingerprint density at radius 2 is 1.81 bits per heavy atom. The zero-order valence-corrected chi connectivity index (χ0v) is 9.60. The maximum Gasteiger partial charge on any atom is 0.248 e.